The molecule has 102 valence electrons. The molecule has 1 aromatic heterocycles. The van der Waals surface area contributed by atoms with Crippen LogP contribution in [0.5, 0.6) is 0 Å². The molecule has 1 aromatic carbocycles. The Bertz CT molecular complexity index is 591. The van der Waals surface area contributed by atoms with Crippen LogP contribution in [-0.2, 0) is 0 Å². The molecule has 0 spiro atoms. The van der Waals surface area contributed by atoms with E-state index in [0.717, 1.165) is 15.7 Å². The van der Waals surface area contributed by atoms with Gasteiger partial charge in [-0.1, -0.05) is 49.6 Å². The molecule has 1 N–H and O–H groups in total. The van der Waals surface area contributed by atoms with E-state index in [1.165, 1.54) is 30.4 Å². The monoisotopic (exact) mass is 294 g/mol. The second kappa shape index (κ2) is 4.95. The quantitative estimate of drug-likeness (QED) is 0.809. The highest BCUT2D eigenvalue weighted by Crippen LogP contribution is 2.38. The van der Waals surface area contributed by atoms with Crippen molar-refractivity contribution < 1.29 is 0 Å². The first-order chi connectivity index (χ1) is 9.04. The number of benzene rings is 1. The van der Waals surface area contributed by atoms with Crippen LogP contribution in [0.25, 0.3) is 10.2 Å². The van der Waals surface area contributed by atoms with Gasteiger partial charge in [-0.05, 0) is 36.5 Å². The minimum absolute atomic E-state index is 0.355. The van der Waals surface area contributed by atoms with Crippen molar-refractivity contribution in [3.63, 3.8) is 0 Å². The van der Waals surface area contributed by atoms with Crippen molar-refractivity contribution in [2.24, 2.45) is 5.41 Å². The number of fused-ring (bicyclic) bond motifs is 1. The molecule has 1 atom stereocenters. The Morgan fingerprint density at radius 3 is 3.00 bits per heavy atom. The number of halogens is 1. The third kappa shape index (κ3) is 2.72. The molecule has 2 nitrogen and oxygen atoms in total. The van der Waals surface area contributed by atoms with E-state index in [0.29, 0.717) is 11.5 Å². The first-order valence-corrected chi connectivity index (χ1v) is 8.07. The van der Waals surface area contributed by atoms with E-state index < -0.39 is 0 Å². The second-order valence-electron chi connectivity index (χ2n) is 6.06. The number of aromatic nitrogens is 1. The average molecular weight is 295 g/mol. The molecule has 4 heteroatoms. The normalized spacial score (nSPS) is 22.6. The van der Waals surface area contributed by atoms with Gasteiger partial charge in [0.05, 0.1) is 10.2 Å². The van der Waals surface area contributed by atoms with Crippen LogP contribution in [0.4, 0.5) is 5.13 Å². The molecule has 0 amide bonds. The van der Waals surface area contributed by atoms with Crippen molar-refractivity contribution in [2.75, 3.05) is 5.32 Å². The predicted octanol–water partition coefficient (Wildman–Crippen LogP) is 5.33. The van der Waals surface area contributed by atoms with Crippen molar-refractivity contribution >= 4 is 38.3 Å². The molecule has 1 fully saturated rings. The minimum Gasteiger partial charge on any atom is -0.358 e. The Balaban J connectivity index is 1.84. The summed E-state index contributed by atoms with van der Waals surface area (Å²) in [7, 11) is 0. The zero-order valence-corrected chi connectivity index (χ0v) is 12.9. The third-order valence-corrected chi connectivity index (χ3v) is 5.36. The Morgan fingerprint density at radius 1 is 1.37 bits per heavy atom. The van der Waals surface area contributed by atoms with Gasteiger partial charge in [0.1, 0.15) is 0 Å². The fraction of sp³-hybridized carbons (Fsp3) is 0.533. The highest BCUT2D eigenvalue weighted by Gasteiger charge is 2.32. The van der Waals surface area contributed by atoms with Crippen LogP contribution in [0, 0.1) is 5.41 Å². The summed E-state index contributed by atoms with van der Waals surface area (Å²) in [4.78, 5) is 4.66. The van der Waals surface area contributed by atoms with Crippen molar-refractivity contribution in [3.05, 3.63) is 23.2 Å². The van der Waals surface area contributed by atoms with E-state index in [1.54, 1.807) is 11.3 Å². The smallest absolute Gasteiger partial charge is 0.184 e. The number of hydrogen-bond donors (Lipinski definition) is 1. The van der Waals surface area contributed by atoms with E-state index in [-0.39, 0.29) is 0 Å². The summed E-state index contributed by atoms with van der Waals surface area (Å²) in [5.41, 5.74) is 1.35. The molecule has 0 aliphatic heterocycles. The summed E-state index contributed by atoms with van der Waals surface area (Å²) in [6.45, 7) is 4.71. The summed E-state index contributed by atoms with van der Waals surface area (Å²) in [6, 6.07) is 6.44. The lowest BCUT2D eigenvalue weighted by atomic mass is 9.73. The van der Waals surface area contributed by atoms with E-state index in [4.69, 9.17) is 11.6 Å². The predicted molar refractivity (Wildman–Crippen MR) is 84.3 cm³/mol. The van der Waals surface area contributed by atoms with E-state index >= 15 is 0 Å². The molecule has 0 radical (unpaired) electrons. The van der Waals surface area contributed by atoms with E-state index in [1.807, 2.05) is 18.2 Å². The van der Waals surface area contributed by atoms with Crippen LogP contribution in [0.3, 0.4) is 0 Å². The topological polar surface area (TPSA) is 24.9 Å². The first-order valence-electron chi connectivity index (χ1n) is 6.87. The SMILES string of the molecule is CC1(C)CCCCC1Nc1nc2cc(Cl)ccc2s1. The molecule has 1 aliphatic carbocycles. The number of rotatable bonds is 2. The number of nitrogens with one attached hydrogen (secondary N) is 1. The number of anilines is 1. The molecule has 1 saturated carbocycles. The maximum absolute atomic E-state index is 6.01. The van der Waals surface area contributed by atoms with E-state index in [9.17, 15) is 0 Å². The van der Waals surface area contributed by atoms with Crippen LogP contribution in [0.1, 0.15) is 39.5 Å². The Morgan fingerprint density at radius 2 is 2.21 bits per heavy atom. The maximum atomic E-state index is 6.01. The average Bonchev–Trinajstić information content (AvgIpc) is 2.73. The zero-order valence-electron chi connectivity index (χ0n) is 11.4. The molecule has 1 heterocycles. The van der Waals surface area contributed by atoms with Crippen LogP contribution >= 0.6 is 22.9 Å². The summed E-state index contributed by atoms with van der Waals surface area (Å²) >= 11 is 7.73. The minimum atomic E-state index is 0.355. The number of nitrogens with zero attached hydrogens (tertiary/aromatic N) is 1. The Kier molecular flexibility index (Phi) is 3.44. The highest BCUT2D eigenvalue weighted by atomic mass is 35.5. The number of thiazole rings is 1. The van der Waals surface area contributed by atoms with Crippen LogP contribution in [0.15, 0.2) is 18.2 Å². The highest BCUT2D eigenvalue weighted by molar-refractivity contribution is 7.22. The van der Waals surface area contributed by atoms with Crippen molar-refractivity contribution in [1.82, 2.24) is 4.98 Å². The van der Waals surface area contributed by atoms with Gasteiger partial charge in [0.2, 0.25) is 0 Å². The van der Waals surface area contributed by atoms with Crippen molar-refractivity contribution in [2.45, 2.75) is 45.6 Å². The zero-order chi connectivity index (χ0) is 13.5. The van der Waals surface area contributed by atoms with Crippen molar-refractivity contribution in [3.8, 4) is 0 Å². The fourth-order valence-electron chi connectivity index (χ4n) is 2.87. The van der Waals surface area contributed by atoms with E-state index in [2.05, 4.69) is 24.1 Å². The third-order valence-electron chi connectivity index (χ3n) is 4.15. The van der Waals surface area contributed by atoms with Crippen LogP contribution < -0.4 is 5.32 Å². The lowest BCUT2D eigenvalue weighted by molar-refractivity contribution is 0.217. The van der Waals surface area contributed by atoms with Crippen molar-refractivity contribution in [1.29, 1.82) is 0 Å². The first kappa shape index (κ1) is 13.2. The lowest BCUT2D eigenvalue weighted by Crippen LogP contribution is -2.38. The maximum Gasteiger partial charge on any atom is 0.184 e. The fourth-order valence-corrected chi connectivity index (χ4v) is 3.94. The van der Waals surface area contributed by atoms with Gasteiger partial charge in [0, 0.05) is 11.1 Å². The molecule has 1 unspecified atom stereocenters. The summed E-state index contributed by atoms with van der Waals surface area (Å²) < 4.78 is 1.19. The lowest BCUT2D eigenvalue weighted by Gasteiger charge is -2.38. The molecule has 19 heavy (non-hydrogen) atoms. The summed E-state index contributed by atoms with van der Waals surface area (Å²) in [6.07, 6.45) is 5.20. The molecule has 1 aliphatic rings. The summed E-state index contributed by atoms with van der Waals surface area (Å²) in [5.74, 6) is 0. The second-order valence-corrected chi connectivity index (χ2v) is 7.53. The largest absolute Gasteiger partial charge is 0.358 e. The number of hydrogen-bond acceptors (Lipinski definition) is 3. The van der Waals surface area contributed by atoms with Gasteiger partial charge in [-0.25, -0.2) is 4.98 Å². The van der Waals surface area contributed by atoms with Gasteiger partial charge < -0.3 is 5.32 Å². The summed E-state index contributed by atoms with van der Waals surface area (Å²) in [5, 5.41) is 5.42. The molecule has 0 bridgehead atoms. The van der Waals surface area contributed by atoms with Gasteiger partial charge in [-0.15, -0.1) is 0 Å². The standard InChI is InChI=1S/C15H19ClN2S/c1-15(2)8-4-3-5-13(15)18-14-17-11-9-10(16)6-7-12(11)19-14/h6-7,9,13H,3-5,8H2,1-2H3,(H,17,18). The van der Waals surface area contributed by atoms with Gasteiger partial charge in [0.15, 0.2) is 5.13 Å². The molecule has 0 saturated heterocycles. The molecule has 3 rings (SSSR count). The van der Waals surface area contributed by atoms with Crippen LogP contribution in [0.2, 0.25) is 5.02 Å². The van der Waals surface area contributed by atoms with Gasteiger partial charge in [-0.2, -0.15) is 0 Å². The molecular weight excluding hydrogens is 276 g/mol. The van der Waals surface area contributed by atoms with Gasteiger partial charge in [-0.3, -0.25) is 0 Å². The Labute approximate surface area is 123 Å². The van der Waals surface area contributed by atoms with Crippen LogP contribution in [-0.4, -0.2) is 11.0 Å². The Hall–Kier alpha value is -0.800. The molecule has 2 aromatic rings. The van der Waals surface area contributed by atoms with Gasteiger partial charge in [0.25, 0.3) is 0 Å². The van der Waals surface area contributed by atoms with Gasteiger partial charge >= 0.3 is 0 Å². The molecular formula is C15H19ClN2S.